The molecule has 6 N–H and O–H groups in total. The number of aliphatic imine (C=N–C) groups is 1. The molecule has 0 aliphatic carbocycles. The van der Waals surface area contributed by atoms with Crippen LogP contribution in [0.25, 0.3) is 0 Å². The van der Waals surface area contributed by atoms with Crippen molar-refractivity contribution in [2.45, 2.75) is 43.9 Å². The Kier molecular flexibility index (Phi) is 10.2. The quantitative estimate of drug-likeness (QED) is 0.195. The summed E-state index contributed by atoms with van der Waals surface area (Å²) < 4.78 is 11.7. The number of hydrogen-bond donors (Lipinski definition) is 6. The topological polar surface area (TPSA) is 123 Å². The van der Waals surface area contributed by atoms with E-state index in [1.54, 1.807) is 13.1 Å². The Morgan fingerprint density at radius 1 is 0.891 bits per heavy atom. The van der Waals surface area contributed by atoms with E-state index in [4.69, 9.17) is 14.5 Å². The summed E-state index contributed by atoms with van der Waals surface area (Å²) in [4.78, 5) is 5.21. The highest BCUT2D eigenvalue weighted by molar-refractivity contribution is 6.16. The van der Waals surface area contributed by atoms with E-state index in [2.05, 4.69) is 38.7 Å². The maximum absolute atomic E-state index is 12.9. The molecule has 2 heterocycles. The molecule has 0 fully saturated rings. The highest BCUT2D eigenvalue weighted by atomic mass is 16.6. The molecule has 0 bridgehead atoms. The van der Waals surface area contributed by atoms with Crippen LogP contribution in [0.4, 0.5) is 5.69 Å². The van der Waals surface area contributed by atoms with Gasteiger partial charge in [-0.15, -0.1) is 0 Å². The molecule has 6 rings (SSSR count). The smallest absolute Gasteiger partial charge is 0.213 e. The molecule has 0 saturated carbocycles. The monoisotopic (exact) mass is 622 g/mol. The summed E-state index contributed by atoms with van der Waals surface area (Å²) >= 11 is 0. The number of ether oxygens (including phenoxy) is 2. The number of anilines is 1. The number of hydrazine groups is 2. The van der Waals surface area contributed by atoms with Gasteiger partial charge in [0.2, 0.25) is 5.72 Å². The van der Waals surface area contributed by atoms with Crippen molar-refractivity contribution in [2.75, 3.05) is 32.1 Å². The van der Waals surface area contributed by atoms with E-state index in [1.807, 2.05) is 84.9 Å². The van der Waals surface area contributed by atoms with Crippen LogP contribution in [0.2, 0.25) is 0 Å². The van der Waals surface area contributed by atoms with Crippen LogP contribution in [0, 0.1) is 0 Å². The second-order valence-corrected chi connectivity index (χ2v) is 11.5. The van der Waals surface area contributed by atoms with Gasteiger partial charge in [-0.25, -0.2) is 15.4 Å². The van der Waals surface area contributed by atoms with Crippen LogP contribution in [-0.4, -0.2) is 60.1 Å². The summed E-state index contributed by atoms with van der Waals surface area (Å²) in [6, 6.07) is 33.1. The Morgan fingerprint density at radius 3 is 2.39 bits per heavy atom. The van der Waals surface area contributed by atoms with E-state index in [9.17, 15) is 10.2 Å². The normalized spacial score (nSPS) is 22.8. The number of aliphatic hydroxyl groups is 2. The third-order valence-corrected chi connectivity index (χ3v) is 8.23. The molecule has 0 spiro atoms. The van der Waals surface area contributed by atoms with Crippen molar-refractivity contribution in [3.8, 4) is 11.5 Å². The number of fused-ring (bicyclic) bond motifs is 2. The number of rotatable bonds is 5. The second-order valence-electron chi connectivity index (χ2n) is 11.5. The summed E-state index contributed by atoms with van der Waals surface area (Å²) in [6.45, 7) is 2.20. The van der Waals surface area contributed by atoms with Gasteiger partial charge in [-0.1, -0.05) is 84.9 Å². The minimum absolute atomic E-state index is 0.415. The van der Waals surface area contributed by atoms with Gasteiger partial charge in [0.05, 0.1) is 5.71 Å². The Morgan fingerprint density at radius 2 is 1.61 bits per heavy atom. The zero-order valence-corrected chi connectivity index (χ0v) is 26.0. The highest BCUT2D eigenvalue weighted by Gasteiger charge is 2.40. The van der Waals surface area contributed by atoms with Crippen molar-refractivity contribution in [3.05, 3.63) is 125 Å². The lowest BCUT2D eigenvalue weighted by Crippen LogP contribution is -2.62. The fourth-order valence-electron chi connectivity index (χ4n) is 5.83. The Bertz CT molecular complexity index is 1600. The predicted molar refractivity (Wildman–Crippen MR) is 179 cm³/mol. The molecule has 0 aromatic heterocycles. The van der Waals surface area contributed by atoms with Gasteiger partial charge in [-0.3, -0.25) is 5.32 Å². The third kappa shape index (κ3) is 7.39. The molecule has 2 aliphatic heterocycles. The molecular weight excluding hydrogens is 580 g/mol. The zero-order valence-electron chi connectivity index (χ0n) is 26.0. The van der Waals surface area contributed by atoms with Crippen molar-refractivity contribution in [3.63, 3.8) is 0 Å². The molecule has 2 unspecified atom stereocenters. The predicted octanol–water partition coefficient (Wildman–Crippen LogP) is 4.11. The number of benzene rings is 4. The largest absolute Gasteiger partial charge is 0.486 e. The fourth-order valence-corrected chi connectivity index (χ4v) is 5.83. The van der Waals surface area contributed by atoms with Gasteiger partial charge in [-0.2, -0.15) is 5.53 Å². The van der Waals surface area contributed by atoms with Crippen LogP contribution in [0.15, 0.2) is 108 Å². The van der Waals surface area contributed by atoms with E-state index in [-0.39, 0.29) is 0 Å². The van der Waals surface area contributed by atoms with Crippen LogP contribution in [0.5, 0.6) is 11.5 Å². The minimum atomic E-state index is -1.87. The first-order valence-electron chi connectivity index (χ1n) is 15.8. The number of nitrogens with one attached hydrogen (secondary N) is 4. The van der Waals surface area contributed by atoms with Crippen molar-refractivity contribution in [2.24, 2.45) is 4.99 Å². The maximum Gasteiger partial charge on any atom is 0.213 e. The average molecular weight is 623 g/mol. The van der Waals surface area contributed by atoms with E-state index in [1.165, 1.54) is 0 Å². The molecular formula is C36H42N6O4. The molecule has 4 aromatic carbocycles. The highest BCUT2D eigenvalue weighted by Crippen LogP contribution is 2.37. The minimum Gasteiger partial charge on any atom is -0.486 e. The number of likely N-dealkylation sites (N-methyl/N-ethyl adjacent to an activating group) is 1. The Balaban J connectivity index is 1.49. The molecule has 10 nitrogen and oxygen atoms in total. The van der Waals surface area contributed by atoms with Crippen LogP contribution < -0.4 is 31.1 Å². The lowest BCUT2D eigenvalue weighted by molar-refractivity contribution is -0.0261. The molecule has 4 aromatic rings. The van der Waals surface area contributed by atoms with E-state index >= 15 is 0 Å². The SMILES string of the molecule is CN[C@@H]1NNN(Cc2ccccc2)CCCCC(O)Nc2ccccc2C(c2ccccc2)=NC1(O)c1ccc2c(c1)OCCO2. The van der Waals surface area contributed by atoms with Crippen LogP contribution >= 0.6 is 0 Å². The summed E-state index contributed by atoms with van der Waals surface area (Å²) in [5.41, 5.74) is 9.31. The van der Waals surface area contributed by atoms with Crippen molar-refractivity contribution in [1.29, 1.82) is 0 Å². The summed E-state index contributed by atoms with van der Waals surface area (Å²) in [5, 5.41) is 32.6. The van der Waals surface area contributed by atoms with Gasteiger partial charge in [0, 0.05) is 35.5 Å². The van der Waals surface area contributed by atoms with Gasteiger partial charge in [-0.05, 0) is 50.1 Å². The first kappa shape index (κ1) is 31.7. The van der Waals surface area contributed by atoms with Crippen LogP contribution in [0.3, 0.4) is 0 Å². The molecule has 2 aliphatic rings. The number of nitrogens with zero attached hydrogens (tertiary/aromatic N) is 2. The lowest BCUT2D eigenvalue weighted by atomic mass is 9.95. The zero-order chi connectivity index (χ0) is 31.8. The summed E-state index contributed by atoms with van der Waals surface area (Å²) in [5.74, 6) is 1.16. The summed E-state index contributed by atoms with van der Waals surface area (Å²) in [6.07, 6.45) is 0.629. The molecule has 0 amide bonds. The third-order valence-electron chi connectivity index (χ3n) is 8.23. The van der Waals surface area contributed by atoms with Gasteiger partial charge in [0.15, 0.2) is 11.5 Å². The Hall–Kier alpha value is -4.29. The van der Waals surface area contributed by atoms with Crippen molar-refractivity contribution < 1.29 is 19.7 Å². The van der Waals surface area contributed by atoms with Crippen molar-refractivity contribution >= 4 is 11.4 Å². The Labute approximate surface area is 270 Å². The van der Waals surface area contributed by atoms with E-state index in [0.717, 1.165) is 35.2 Å². The van der Waals surface area contributed by atoms with Gasteiger partial charge >= 0.3 is 0 Å². The van der Waals surface area contributed by atoms with Crippen LogP contribution in [0.1, 0.15) is 41.5 Å². The van der Waals surface area contributed by atoms with Crippen LogP contribution in [-0.2, 0) is 12.3 Å². The summed E-state index contributed by atoms with van der Waals surface area (Å²) in [7, 11) is 1.78. The molecule has 240 valence electrons. The number of aliphatic hydroxyl groups excluding tert-OH is 1. The maximum atomic E-state index is 12.9. The van der Waals surface area contributed by atoms with Gasteiger partial charge in [0.1, 0.15) is 25.6 Å². The van der Waals surface area contributed by atoms with E-state index < -0.39 is 18.1 Å². The molecule has 10 heteroatoms. The first-order chi connectivity index (χ1) is 22.5. The standard InChI is InChI=1S/C36H42N6O4/c1-37-35-36(44,28-19-20-31-32(24-28)46-23-22-45-31)39-34(27-14-6-3-7-15-27)29-16-8-9-17-30(29)38-33(43)18-10-11-21-42(41-40-35)25-26-12-4-2-5-13-26/h2-9,12-17,19-20,24,33,35,37-38,40-41,43-44H,10-11,18,21-23,25H2,1H3/t33?,35-,36?/m1/s1. The molecule has 0 radical (unpaired) electrons. The van der Waals surface area contributed by atoms with Crippen molar-refractivity contribution in [1.82, 2.24) is 21.3 Å². The van der Waals surface area contributed by atoms with Gasteiger partial charge in [0.25, 0.3) is 0 Å². The molecule has 3 atom stereocenters. The number of para-hydroxylation sites is 1. The molecule has 46 heavy (non-hydrogen) atoms. The fraction of sp³-hybridized carbons (Fsp3) is 0.306. The first-order valence-corrected chi connectivity index (χ1v) is 15.8. The second kappa shape index (κ2) is 14.9. The number of hydrogen-bond acceptors (Lipinski definition) is 10. The van der Waals surface area contributed by atoms with E-state index in [0.29, 0.717) is 55.5 Å². The van der Waals surface area contributed by atoms with Gasteiger partial charge < -0.3 is 25.0 Å². The average Bonchev–Trinajstić information content (AvgIpc) is 3.10. The molecule has 0 saturated heterocycles. The lowest BCUT2D eigenvalue weighted by Gasteiger charge is -2.37.